The van der Waals surface area contributed by atoms with Crippen molar-refractivity contribution < 1.29 is 8.78 Å². The first-order valence-electron chi connectivity index (χ1n) is 7.02. The van der Waals surface area contributed by atoms with Crippen molar-refractivity contribution >= 4 is 0 Å². The molecule has 0 amide bonds. The molecule has 1 heterocycles. The van der Waals surface area contributed by atoms with Crippen LogP contribution in [-0.4, -0.2) is 22.9 Å². The van der Waals surface area contributed by atoms with Gasteiger partial charge in [-0.05, 0) is 63.1 Å². The zero-order chi connectivity index (χ0) is 15.6. The zero-order valence-corrected chi connectivity index (χ0v) is 12.9. The standard InChI is InChI=1S/C16H21F2N3/c1-10-15(11(2)21(4)20-10)9-14(19-3)8-12-7-13(17)5-6-16(12)18/h5-7,14,19H,8-9H2,1-4H3. The second-order valence-electron chi connectivity index (χ2n) is 5.40. The maximum Gasteiger partial charge on any atom is 0.126 e. The molecule has 1 aromatic carbocycles. The Kier molecular flexibility index (Phi) is 4.73. The fourth-order valence-corrected chi connectivity index (χ4v) is 2.60. The second kappa shape index (κ2) is 6.35. The van der Waals surface area contributed by atoms with Crippen molar-refractivity contribution in [3.05, 3.63) is 52.3 Å². The zero-order valence-electron chi connectivity index (χ0n) is 12.9. The average molecular weight is 293 g/mol. The lowest BCUT2D eigenvalue weighted by Crippen LogP contribution is -2.30. The molecule has 0 aliphatic rings. The van der Waals surface area contributed by atoms with E-state index in [1.54, 1.807) is 0 Å². The summed E-state index contributed by atoms with van der Waals surface area (Å²) >= 11 is 0. The molecule has 1 N–H and O–H groups in total. The minimum Gasteiger partial charge on any atom is -0.316 e. The molecule has 2 aromatic rings. The molecule has 0 bridgehead atoms. The number of halogens is 2. The van der Waals surface area contributed by atoms with Gasteiger partial charge in [-0.2, -0.15) is 5.10 Å². The van der Waals surface area contributed by atoms with Crippen LogP contribution in [0.5, 0.6) is 0 Å². The summed E-state index contributed by atoms with van der Waals surface area (Å²) in [5.74, 6) is -0.772. The van der Waals surface area contributed by atoms with E-state index >= 15 is 0 Å². The van der Waals surface area contributed by atoms with Gasteiger partial charge in [-0.1, -0.05) is 0 Å². The van der Waals surface area contributed by atoms with E-state index < -0.39 is 5.82 Å². The monoisotopic (exact) mass is 293 g/mol. The molecule has 1 unspecified atom stereocenters. The Morgan fingerprint density at radius 2 is 1.95 bits per heavy atom. The summed E-state index contributed by atoms with van der Waals surface area (Å²) in [6.45, 7) is 3.99. The summed E-state index contributed by atoms with van der Waals surface area (Å²) in [4.78, 5) is 0. The van der Waals surface area contributed by atoms with Crippen molar-refractivity contribution in [2.75, 3.05) is 7.05 Å². The molecule has 0 saturated heterocycles. The first-order valence-corrected chi connectivity index (χ1v) is 7.02. The van der Waals surface area contributed by atoms with Gasteiger partial charge in [0.2, 0.25) is 0 Å². The smallest absolute Gasteiger partial charge is 0.126 e. The number of aromatic nitrogens is 2. The first kappa shape index (κ1) is 15.6. The van der Waals surface area contributed by atoms with Gasteiger partial charge in [0.1, 0.15) is 11.6 Å². The minimum atomic E-state index is -0.407. The van der Waals surface area contributed by atoms with Gasteiger partial charge in [0, 0.05) is 18.8 Å². The molecule has 3 nitrogen and oxygen atoms in total. The molecule has 1 atom stereocenters. The van der Waals surface area contributed by atoms with Crippen LogP contribution >= 0.6 is 0 Å². The Bertz CT molecular complexity index is 635. The van der Waals surface area contributed by atoms with E-state index in [0.29, 0.717) is 12.0 Å². The van der Waals surface area contributed by atoms with E-state index in [9.17, 15) is 8.78 Å². The van der Waals surface area contributed by atoms with Crippen LogP contribution in [-0.2, 0) is 19.9 Å². The molecule has 0 aliphatic heterocycles. The Labute approximate surface area is 124 Å². The molecular formula is C16H21F2N3. The number of hydrogen-bond acceptors (Lipinski definition) is 2. The number of nitrogens with zero attached hydrogens (tertiary/aromatic N) is 2. The molecule has 0 radical (unpaired) electrons. The Balaban J connectivity index is 2.19. The third kappa shape index (κ3) is 3.47. The summed E-state index contributed by atoms with van der Waals surface area (Å²) in [6, 6.07) is 3.62. The molecule has 0 spiro atoms. The fraction of sp³-hybridized carbons (Fsp3) is 0.438. The highest BCUT2D eigenvalue weighted by atomic mass is 19.1. The van der Waals surface area contributed by atoms with Crippen molar-refractivity contribution in [3.8, 4) is 0 Å². The van der Waals surface area contributed by atoms with Gasteiger partial charge < -0.3 is 5.32 Å². The first-order chi connectivity index (χ1) is 9.92. The van der Waals surface area contributed by atoms with Crippen LogP contribution in [0.1, 0.15) is 22.5 Å². The summed E-state index contributed by atoms with van der Waals surface area (Å²) in [5.41, 5.74) is 3.64. The van der Waals surface area contributed by atoms with E-state index in [-0.39, 0.29) is 11.9 Å². The number of nitrogens with one attached hydrogen (secondary N) is 1. The van der Waals surface area contributed by atoms with Gasteiger partial charge in [-0.3, -0.25) is 4.68 Å². The summed E-state index contributed by atoms with van der Waals surface area (Å²) < 4.78 is 28.9. The summed E-state index contributed by atoms with van der Waals surface area (Å²) in [5, 5.41) is 7.57. The van der Waals surface area contributed by atoms with Crippen LogP contribution in [0.25, 0.3) is 0 Å². The van der Waals surface area contributed by atoms with Gasteiger partial charge in [0.15, 0.2) is 0 Å². The largest absolute Gasteiger partial charge is 0.316 e. The van der Waals surface area contributed by atoms with Crippen LogP contribution in [0.3, 0.4) is 0 Å². The van der Waals surface area contributed by atoms with Crippen molar-refractivity contribution in [1.82, 2.24) is 15.1 Å². The highest BCUT2D eigenvalue weighted by molar-refractivity contribution is 5.27. The van der Waals surface area contributed by atoms with Crippen LogP contribution in [0.15, 0.2) is 18.2 Å². The van der Waals surface area contributed by atoms with E-state index in [1.165, 1.54) is 12.1 Å². The predicted octanol–water partition coefficient (Wildman–Crippen LogP) is 2.69. The molecule has 5 heteroatoms. The lowest BCUT2D eigenvalue weighted by molar-refractivity contribution is 0.524. The molecule has 2 rings (SSSR count). The summed E-state index contributed by atoms with van der Waals surface area (Å²) in [7, 11) is 3.75. The third-order valence-corrected chi connectivity index (χ3v) is 3.99. The van der Waals surface area contributed by atoms with E-state index in [1.807, 2.05) is 32.6 Å². The van der Waals surface area contributed by atoms with Gasteiger partial charge in [0.05, 0.1) is 5.69 Å². The summed E-state index contributed by atoms with van der Waals surface area (Å²) in [6.07, 6.45) is 1.17. The molecule has 0 fully saturated rings. The maximum absolute atomic E-state index is 13.8. The normalized spacial score (nSPS) is 12.7. The highest BCUT2D eigenvalue weighted by Crippen LogP contribution is 2.18. The minimum absolute atomic E-state index is 0.0305. The van der Waals surface area contributed by atoms with Gasteiger partial charge in [-0.15, -0.1) is 0 Å². The van der Waals surface area contributed by atoms with Gasteiger partial charge in [-0.25, -0.2) is 8.78 Å². The van der Waals surface area contributed by atoms with Crippen molar-refractivity contribution in [3.63, 3.8) is 0 Å². The van der Waals surface area contributed by atoms with Crippen LogP contribution in [0.4, 0.5) is 8.78 Å². The third-order valence-electron chi connectivity index (χ3n) is 3.99. The maximum atomic E-state index is 13.8. The van der Waals surface area contributed by atoms with Gasteiger partial charge in [0.25, 0.3) is 0 Å². The Morgan fingerprint density at radius 1 is 1.24 bits per heavy atom. The van der Waals surface area contributed by atoms with Crippen molar-refractivity contribution in [2.45, 2.75) is 32.7 Å². The molecule has 1 aromatic heterocycles. The topological polar surface area (TPSA) is 29.9 Å². The molecule has 114 valence electrons. The second-order valence-corrected chi connectivity index (χ2v) is 5.40. The van der Waals surface area contributed by atoms with Crippen LogP contribution in [0.2, 0.25) is 0 Å². The number of rotatable bonds is 5. The van der Waals surface area contributed by atoms with Crippen LogP contribution in [0, 0.1) is 25.5 Å². The fourth-order valence-electron chi connectivity index (χ4n) is 2.60. The predicted molar refractivity (Wildman–Crippen MR) is 79.3 cm³/mol. The number of hydrogen-bond donors (Lipinski definition) is 1. The number of aryl methyl sites for hydroxylation is 2. The molecular weight excluding hydrogens is 272 g/mol. The van der Waals surface area contributed by atoms with Crippen LogP contribution < -0.4 is 5.32 Å². The van der Waals surface area contributed by atoms with Crippen molar-refractivity contribution in [1.29, 1.82) is 0 Å². The highest BCUT2D eigenvalue weighted by Gasteiger charge is 2.17. The lowest BCUT2D eigenvalue weighted by Gasteiger charge is -2.17. The molecule has 0 aliphatic carbocycles. The SMILES string of the molecule is CNC(Cc1cc(F)ccc1F)Cc1c(C)nn(C)c1C. The number of likely N-dealkylation sites (N-methyl/N-ethyl adjacent to an activating group) is 1. The van der Waals surface area contributed by atoms with E-state index in [4.69, 9.17) is 0 Å². The Morgan fingerprint density at radius 3 is 2.52 bits per heavy atom. The van der Waals surface area contributed by atoms with Gasteiger partial charge >= 0.3 is 0 Å². The average Bonchev–Trinajstić information content (AvgIpc) is 2.68. The Hall–Kier alpha value is -1.75. The molecule has 0 saturated carbocycles. The van der Waals surface area contributed by atoms with E-state index in [2.05, 4.69) is 10.4 Å². The lowest BCUT2D eigenvalue weighted by atomic mass is 9.97. The van der Waals surface area contributed by atoms with E-state index in [0.717, 1.165) is 29.4 Å². The number of benzene rings is 1. The quantitative estimate of drug-likeness (QED) is 0.918. The molecule has 21 heavy (non-hydrogen) atoms. The van der Waals surface area contributed by atoms with Crippen molar-refractivity contribution in [2.24, 2.45) is 7.05 Å².